The molecule has 0 unspecified atom stereocenters. The zero-order valence-corrected chi connectivity index (χ0v) is 11.5. The van der Waals surface area contributed by atoms with Crippen LogP contribution < -0.4 is 5.73 Å². The molecule has 1 aromatic heterocycles. The van der Waals surface area contributed by atoms with Crippen molar-refractivity contribution in [1.82, 2.24) is 4.90 Å². The van der Waals surface area contributed by atoms with Crippen LogP contribution in [0.4, 0.5) is 5.69 Å². The number of halogens is 2. The van der Waals surface area contributed by atoms with Crippen LogP contribution in [0.15, 0.2) is 0 Å². The van der Waals surface area contributed by atoms with Crippen molar-refractivity contribution in [1.29, 1.82) is 0 Å². The number of carbonyl (C=O) groups is 1. The first-order valence-corrected chi connectivity index (χ1v) is 6.67. The molecule has 1 amide bonds. The molecule has 7 heteroatoms. The number of hydrogen-bond acceptors (Lipinski definition) is 4. The number of likely N-dealkylation sites (tertiary alicyclic amines) is 1. The summed E-state index contributed by atoms with van der Waals surface area (Å²) in [5.74, 6) is -0.124. The number of methoxy groups -OCH3 is 1. The first-order chi connectivity index (χ1) is 8.04. The van der Waals surface area contributed by atoms with Crippen LogP contribution >= 0.6 is 34.5 Å². The molecule has 0 aliphatic carbocycles. The number of amides is 1. The highest BCUT2D eigenvalue weighted by atomic mass is 35.5. The van der Waals surface area contributed by atoms with Crippen LogP contribution in [0.5, 0.6) is 0 Å². The predicted octanol–water partition coefficient (Wildman–Crippen LogP) is 2.50. The fourth-order valence-electron chi connectivity index (χ4n) is 1.80. The Kier molecular flexibility index (Phi) is 3.82. The monoisotopic (exact) mass is 294 g/mol. The van der Waals surface area contributed by atoms with Crippen LogP contribution in [0, 0.1) is 0 Å². The molecule has 0 bridgehead atoms. The Balaban J connectivity index is 2.18. The van der Waals surface area contributed by atoms with Crippen molar-refractivity contribution in [3.8, 4) is 0 Å². The molecule has 2 N–H and O–H groups in total. The van der Waals surface area contributed by atoms with Crippen molar-refractivity contribution in [2.75, 3.05) is 25.9 Å². The Morgan fingerprint density at radius 1 is 1.59 bits per heavy atom. The van der Waals surface area contributed by atoms with Crippen molar-refractivity contribution in [2.24, 2.45) is 0 Å². The molecule has 1 saturated heterocycles. The van der Waals surface area contributed by atoms with Gasteiger partial charge in [-0.15, -0.1) is 11.3 Å². The molecule has 2 heterocycles. The molecule has 0 radical (unpaired) electrons. The van der Waals surface area contributed by atoms with Crippen LogP contribution in [0.25, 0.3) is 0 Å². The van der Waals surface area contributed by atoms with Crippen molar-refractivity contribution < 1.29 is 9.53 Å². The smallest absolute Gasteiger partial charge is 0.266 e. The molecule has 94 valence electrons. The minimum absolute atomic E-state index is 0.103. The lowest BCUT2D eigenvalue weighted by Crippen LogP contribution is -2.29. The largest absolute Gasteiger partial charge is 0.396 e. The van der Waals surface area contributed by atoms with Gasteiger partial charge in [0.2, 0.25) is 0 Å². The third kappa shape index (κ3) is 2.38. The Labute approximate surface area is 113 Å². The van der Waals surface area contributed by atoms with E-state index in [1.54, 1.807) is 12.0 Å². The van der Waals surface area contributed by atoms with Gasteiger partial charge in [-0.2, -0.15) is 0 Å². The topological polar surface area (TPSA) is 55.6 Å². The van der Waals surface area contributed by atoms with Crippen LogP contribution in [0.1, 0.15) is 16.1 Å². The maximum absolute atomic E-state index is 12.2. The molecular formula is C10H12Cl2N2O2S. The molecule has 1 aliphatic rings. The lowest BCUT2D eigenvalue weighted by Gasteiger charge is -2.15. The van der Waals surface area contributed by atoms with Gasteiger partial charge in [0.1, 0.15) is 9.21 Å². The number of nitrogens with two attached hydrogens (primary N) is 1. The van der Waals surface area contributed by atoms with Crippen molar-refractivity contribution >= 4 is 46.1 Å². The molecule has 0 aromatic carbocycles. The maximum atomic E-state index is 12.2. The lowest BCUT2D eigenvalue weighted by atomic mass is 10.3. The number of nitrogen functional groups attached to an aromatic ring is 1. The molecule has 1 atom stereocenters. The minimum atomic E-state index is -0.124. The first-order valence-electron chi connectivity index (χ1n) is 5.10. The second-order valence-electron chi connectivity index (χ2n) is 3.83. The van der Waals surface area contributed by atoms with Gasteiger partial charge in [-0.1, -0.05) is 23.2 Å². The number of thiophene rings is 1. The van der Waals surface area contributed by atoms with Crippen LogP contribution in [-0.2, 0) is 4.74 Å². The molecular weight excluding hydrogens is 283 g/mol. The van der Waals surface area contributed by atoms with E-state index in [-0.39, 0.29) is 22.7 Å². The van der Waals surface area contributed by atoms with E-state index >= 15 is 0 Å². The van der Waals surface area contributed by atoms with E-state index in [9.17, 15) is 4.79 Å². The zero-order chi connectivity index (χ0) is 12.6. The van der Waals surface area contributed by atoms with Gasteiger partial charge < -0.3 is 15.4 Å². The van der Waals surface area contributed by atoms with E-state index in [1.807, 2.05) is 0 Å². The number of anilines is 1. The first kappa shape index (κ1) is 13.0. The lowest BCUT2D eigenvalue weighted by molar-refractivity contribution is 0.0729. The van der Waals surface area contributed by atoms with Gasteiger partial charge >= 0.3 is 0 Å². The van der Waals surface area contributed by atoms with Crippen LogP contribution in [0.2, 0.25) is 9.36 Å². The average molecular weight is 295 g/mol. The molecule has 4 nitrogen and oxygen atoms in total. The standard InChI is InChI=1S/C10H12Cl2N2O2S/c1-16-5-2-3-14(4-5)10(15)8-7(13)6(11)9(12)17-8/h5H,2-4,13H2,1H3/t5-/m1/s1. The molecule has 17 heavy (non-hydrogen) atoms. The van der Waals surface area contributed by atoms with Crippen molar-refractivity contribution in [3.05, 3.63) is 14.2 Å². The number of hydrogen-bond donors (Lipinski definition) is 1. The Morgan fingerprint density at radius 3 is 2.76 bits per heavy atom. The highest BCUT2D eigenvalue weighted by Crippen LogP contribution is 2.39. The highest BCUT2D eigenvalue weighted by Gasteiger charge is 2.30. The summed E-state index contributed by atoms with van der Waals surface area (Å²) in [6.45, 7) is 1.26. The second-order valence-corrected chi connectivity index (χ2v) is 5.83. The third-order valence-electron chi connectivity index (χ3n) is 2.81. The summed E-state index contributed by atoms with van der Waals surface area (Å²) >= 11 is 12.8. The molecule has 0 saturated carbocycles. The van der Waals surface area contributed by atoms with E-state index in [0.29, 0.717) is 22.3 Å². The summed E-state index contributed by atoms with van der Waals surface area (Å²) in [6.07, 6.45) is 0.945. The van der Waals surface area contributed by atoms with Crippen molar-refractivity contribution in [3.63, 3.8) is 0 Å². The SMILES string of the molecule is CO[C@@H]1CCN(C(=O)c2sc(Cl)c(Cl)c2N)C1. The van der Waals surface area contributed by atoms with Gasteiger partial charge in [0, 0.05) is 20.2 Å². The summed E-state index contributed by atoms with van der Waals surface area (Å²) < 4.78 is 5.57. The van der Waals surface area contributed by atoms with E-state index in [2.05, 4.69) is 0 Å². The van der Waals surface area contributed by atoms with Gasteiger partial charge in [0.05, 0.1) is 16.8 Å². The number of ether oxygens (including phenoxy) is 1. The van der Waals surface area contributed by atoms with E-state index in [0.717, 1.165) is 17.8 Å². The molecule has 1 aliphatic heterocycles. The van der Waals surface area contributed by atoms with Gasteiger partial charge in [-0.25, -0.2) is 0 Å². The molecule has 2 rings (SSSR count). The van der Waals surface area contributed by atoms with Gasteiger partial charge in [0.25, 0.3) is 5.91 Å². The maximum Gasteiger partial charge on any atom is 0.266 e. The number of carbonyl (C=O) groups excluding carboxylic acids is 1. The Bertz CT molecular complexity index is 450. The van der Waals surface area contributed by atoms with E-state index in [4.69, 9.17) is 33.7 Å². The fraction of sp³-hybridized carbons (Fsp3) is 0.500. The Morgan fingerprint density at radius 2 is 2.29 bits per heavy atom. The van der Waals surface area contributed by atoms with Gasteiger partial charge in [-0.05, 0) is 6.42 Å². The second kappa shape index (κ2) is 5.02. The fourth-order valence-corrected chi connectivity index (χ4v) is 3.21. The highest BCUT2D eigenvalue weighted by molar-refractivity contribution is 7.19. The summed E-state index contributed by atoms with van der Waals surface area (Å²) in [4.78, 5) is 14.3. The minimum Gasteiger partial charge on any atom is -0.396 e. The van der Waals surface area contributed by atoms with E-state index < -0.39 is 0 Å². The zero-order valence-electron chi connectivity index (χ0n) is 9.20. The van der Waals surface area contributed by atoms with Crippen LogP contribution in [0.3, 0.4) is 0 Å². The van der Waals surface area contributed by atoms with Crippen LogP contribution in [-0.4, -0.2) is 37.1 Å². The summed E-state index contributed by atoms with van der Waals surface area (Å²) in [5.41, 5.74) is 6.03. The van der Waals surface area contributed by atoms with Gasteiger partial charge in [0.15, 0.2) is 0 Å². The van der Waals surface area contributed by atoms with E-state index in [1.165, 1.54) is 0 Å². The summed E-state index contributed by atoms with van der Waals surface area (Å²) in [5, 5.41) is 0.266. The Hall–Kier alpha value is -0.490. The number of nitrogens with zero attached hydrogens (tertiary/aromatic N) is 1. The van der Waals surface area contributed by atoms with Gasteiger partial charge in [-0.3, -0.25) is 4.79 Å². The summed E-state index contributed by atoms with van der Waals surface area (Å²) in [7, 11) is 1.64. The normalized spacial score (nSPS) is 19.9. The third-order valence-corrected chi connectivity index (χ3v) is 4.81. The quantitative estimate of drug-likeness (QED) is 0.912. The molecule has 0 spiro atoms. The molecule has 1 fully saturated rings. The summed E-state index contributed by atoms with van der Waals surface area (Å²) in [6, 6.07) is 0. The number of rotatable bonds is 2. The van der Waals surface area contributed by atoms with Crippen molar-refractivity contribution in [2.45, 2.75) is 12.5 Å². The predicted molar refractivity (Wildman–Crippen MR) is 70.1 cm³/mol. The molecule has 1 aromatic rings. The average Bonchev–Trinajstić information content (AvgIpc) is 2.89.